The molecule has 0 aromatic heterocycles. The molecule has 6 rings (SSSR count). The topological polar surface area (TPSA) is 95.2 Å². The van der Waals surface area contributed by atoms with Crippen LogP contribution in [0, 0.1) is 45.3 Å². The van der Waals surface area contributed by atoms with Crippen molar-refractivity contribution in [3.8, 4) is 24.3 Å². The van der Waals surface area contributed by atoms with E-state index in [1.165, 1.54) is 11.1 Å². The lowest BCUT2D eigenvalue weighted by atomic mass is 9.83. The average molecular weight is 336 g/mol. The SMILES string of the molecule is N#Cc1c(C#N)c2c(C#N)c(C#N)c1CCCc1ccc(cc1)CCC2. The second-order valence-electron chi connectivity index (χ2n) is 6.43. The number of hydrogen-bond donors (Lipinski definition) is 0. The fourth-order valence-corrected chi connectivity index (χ4v) is 3.66. The van der Waals surface area contributed by atoms with Crippen LogP contribution in [0.4, 0.5) is 0 Å². The minimum absolute atomic E-state index is 0.268. The number of hydrogen-bond acceptors (Lipinski definition) is 4. The van der Waals surface area contributed by atoms with Gasteiger partial charge < -0.3 is 0 Å². The van der Waals surface area contributed by atoms with Crippen molar-refractivity contribution < 1.29 is 0 Å². The van der Waals surface area contributed by atoms with Crippen molar-refractivity contribution in [3.05, 3.63) is 68.8 Å². The number of aryl methyl sites for hydroxylation is 2. The predicted octanol–water partition coefficient (Wildman–Crippen LogP) is 3.84. The van der Waals surface area contributed by atoms with Crippen LogP contribution in [0.25, 0.3) is 0 Å². The molecule has 0 heterocycles. The third-order valence-electron chi connectivity index (χ3n) is 4.96. The van der Waals surface area contributed by atoms with E-state index >= 15 is 0 Å². The molecule has 4 heteroatoms. The molecule has 4 bridgehead atoms. The van der Waals surface area contributed by atoms with E-state index in [-0.39, 0.29) is 22.3 Å². The first-order valence-electron chi connectivity index (χ1n) is 8.63. The Morgan fingerprint density at radius 1 is 0.500 bits per heavy atom. The van der Waals surface area contributed by atoms with E-state index in [2.05, 4.69) is 48.5 Å². The first-order chi connectivity index (χ1) is 12.7. The Kier molecular flexibility index (Phi) is 4.99. The van der Waals surface area contributed by atoms with E-state index in [1.807, 2.05) is 0 Å². The van der Waals surface area contributed by atoms with Crippen LogP contribution in [0.1, 0.15) is 57.3 Å². The molecule has 2 aromatic carbocycles. The van der Waals surface area contributed by atoms with Gasteiger partial charge in [0, 0.05) is 0 Å². The molecule has 0 unspecified atom stereocenters. The Bertz CT molecular complexity index is 882. The van der Waals surface area contributed by atoms with Crippen LogP contribution in [-0.2, 0) is 25.7 Å². The summed E-state index contributed by atoms with van der Waals surface area (Å²) in [5.74, 6) is 0. The summed E-state index contributed by atoms with van der Waals surface area (Å²) in [7, 11) is 0. The molecule has 0 saturated heterocycles. The number of benzene rings is 2. The molecule has 0 atom stereocenters. The lowest BCUT2D eigenvalue weighted by molar-refractivity contribution is 0.793. The summed E-state index contributed by atoms with van der Waals surface area (Å²) in [6.07, 6.45) is 4.13. The zero-order valence-corrected chi connectivity index (χ0v) is 14.3. The summed E-state index contributed by atoms with van der Waals surface area (Å²) in [6, 6.07) is 17.0. The van der Waals surface area contributed by atoms with Crippen molar-refractivity contribution in [2.45, 2.75) is 38.5 Å². The molecule has 0 fully saturated rings. The Morgan fingerprint density at radius 2 is 0.808 bits per heavy atom. The van der Waals surface area contributed by atoms with Gasteiger partial charge in [-0.3, -0.25) is 0 Å². The summed E-state index contributed by atoms with van der Waals surface area (Å²) in [6.45, 7) is 0. The fraction of sp³-hybridized carbons (Fsp3) is 0.273. The molecule has 0 N–H and O–H groups in total. The lowest BCUT2D eigenvalue weighted by Crippen LogP contribution is -2.09. The third kappa shape index (κ3) is 3.02. The van der Waals surface area contributed by atoms with E-state index in [0.29, 0.717) is 24.0 Å². The first kappa shape index (κ1) is 17.2. The van der Waals surface area contributed by atoms with Crippen LogP contribution in [0.3, 0.4) is 0 Å². The van der Waals surface area contributed by atoms with Crippen molar-refractivity contribution in [1.82, 2.24) is 0 Å². The molecule has 0 radical (unpaired) electrons. The summed E-state index contributed by atoms with van der Waals surface area (Å²) < 4.78 is 0. The van der Waals surface area contributed by atoms with Crippen LogP contribution in [-0.4, -0.2) is 0 Å². The zero-order chi connectivity index (χ0) is 18.5. The molecule has 26 heavy (non-hydrogen) atoms. The Morgan fingerprint density at radius 3 is 1.08 bits per heavy atom. The van der Waals surface area contributed by atoms with Crippen molar-refractivity contribution in [2.24, 2.45) is 0 Å². The smallest absolute Gasteiger partial charge is 0.101 e. The van der Waals surface area contributed by atoms with Crippen molar-refractivity contribution in [1.29, 1.82) is 21.0 Å². The van der Waals surface area contributed by atoms with Gasteiger partial charge in [0.05, 0.1) is 22.3 Å². The molecule has 0 saturated carbocycles. The van der Waals surface area contributed by atoms with Gasteiger partial charge >= 0.3 is 0 Å². The highest BCUT2D eigenvalue weighted by atomic mass is 14.4. The van der Waals surface area contributed by atoms with Gasteiger partial charge in [0.2, 0.25) is 0 Å². The molecule has 0 amide bonds. The van der Waals surface area contributed by atoms with Crippen LogP contribution in [0.5, 0.6) is 0 Å². The fourth-order valence-electron chi connectivity index (χ4n) is 3.66. The maximum atomic E-state index is 9.66. The molecule has 4 nitrogen and oxygen atoms in total. The highest BCUT2D eigenvalue weighted by Gasteiger charge is 2.23. The third-order valence-corrected chi connectivity index (χ3v) is 4.96. The van der Waals surface area contributed by atoms with Gasteiger partial charge in [0.15, 0.2) is 0 Å². The van der Waals surface area contributed by atoms with E-state index in [0.717, 1.165) is 25.7 Å². The molecule has 4 aliphatic carbocycles. The minimum Gasteiger partial charge on any atom is -0.192 e. The van der Waals surface area contributed by atoms with Gasteiger partial charge in [-0.05, 0) is 60.8 Å². The first-order valence-corrected chi connectivity index (χ1v) is 8.63. The molecule has 0 aliphatic heterocycles. The highest BCUT2D eigenvalue weighted by Crippen LogP contribution is 2.30. The number of nitriles is 4. The summed E-state index contributed by atoms with van der Waals surface area (Å²) >= 11 is 0. The van der Waals surface area contributed by atoms with E-state index in [4.69, 9.17) is 0 Å². The van der Waals surface area contributed by atoms with Crippen LogP contribution in [0.2, 0.25) is 0 Å². The van der Waals surface area contributed by atoms with Gasteiger partial charge in [-0.2, -0.15) is 21.0 Å². The standard InChI is InChI=1S/C22H16N4/c23-11-19-17-5-1-3-15-7-9-16(10-8-15)4-2-6-18(21(19)13-25)22(14-26)20(17)12-24/h7-10H,1-6H2. The lowest BCUT2D eigenvalue weighted by Gasteiger charge is -2.16. The van der Waals surface area contributed by atoms with Crippen molar-refractivity contribution in [3.63, 3.8) is 0 Å². The van der Waals surface area contributed by atoms with Crippen LogP contribution in [0.15, 0.2) is 24.3 Å². The Labute approximate surface area is 153 Å². The van der Waals surface area contributed by atoms with Gasteiger partial charge in [-0.1, -0.05) is 24.3 Å². The largest absolute Gasteiger partial charge is 0.192 e. The van der Waals surface area contributed by atoms with Gasteiger partial charge in [-0.15, -0.1) is 0 Å². The van der Waals surface area contributed by atoms with E-state index < -0.39 is 0 Å². The van der Waals surface area contributed by atoms with E-state index in [9.17, 15) is 21.0 Å². The van der Waals surface area contributed by atoms with Crippen LogP contribution >= 0.6 is 0 Å². The minimum atomic E-state index is 0.268. The van der Waals surface area contributed by atoms with Crippen molar-refractivity contribution in [2.75, 3.05) is 0 Å². The van der Waals surface area contributed by atoms with Gasteiger partial charge in [0.1, 0.15) is 24.3 Å². The summed E-state index contributed by atoms with van der Waals surface area (Å²) in [5.41, 5.74) is 4.57. The normalized spacial score (nSPS) is 13.1. The zero-order valence-electron chi connectivity index (χ0n) is 14.3. The number of nitrogens with zero attached hydrogens (tertiary/aromatic N) is 4. The molecule has 2 aromatic rings. The van der Waals surface area contributed by atoms with E-state index in [1.54, 1.807) is 0 Å². The molecule has 4 aliphatic rings. The quantitative estimate of drug-likeness (QED) is 0.730. The Balaban J connectivity index is 2.22. The summed E-state index contributed by atoms with van der Waals surface area (Å²) in [4.78, 5) is 0. The Hall–Kier alpha value is -3.60. The second-order valence-corrected chi connectivity index (χ2v) is 6.43. The second kappa shape index (κ2) is 7.53. The summed E-state index contributed by atoms with van der Waals surface area (Å²) in [5, 5.41) is 38.6. The highest BCUT2D eigenvalue weighted by molar-refractivity contribution is 5.67. The number of rotatable bonds is 0. The monoisotopic (exact) mass is 336 g/mol. The molecular formula is C22H16N4. The average Bonchev–Trinajstić information content (AvgIpc) is 2.68. The van der Waals surface area contributed by atoms with Gasteiger partial charge in [0.25, 0.3) is 0 Å². The maximum absolute atomic E-state index is 9.66. The molecule has 0 spiro atoms. The maximum Gasteiger partial charge on any atom is 0.101 e. The molecular weight excluding hydrogens is 320 g/mol. The van der Waals surface area contributed by atoms with Crippen molar-refractivity contribution >= 4 is 0 Å². The predicted molar refractivity (Wildman–Crippen MR) is 95.8 cm³/mol. The molecule has 124 valence electrons. The van der Waals surface area contributed by atoms with Crippen LogP contribution < -0.4 is 0 Å². The van der Waals surface area contributed by atoms with Gasteiger partial charge in [-0.25, -0.2) is 0 Å².